The summed E-state index contributed by atoms with van der Waals surface area (Å²) in [7, 11) is 1.27. The normalized spacial score (nSPS) is 9.22. The van der Waals surface area contributed by atoms with Gasteiger partial charge in [0.2, 0.25) is 0 Å². The largest absolute Gasteiger partial charge is 0.489 e. The zero-order valence-electron chi connectivity index (χ0n) is 9.60. The number of esters is 1. The van der Waals surface area contributed by atoms with E-state index in [-0.39, 0.29) is 17.2 Å². The second kappa shape index (κ2) is 6.91. The minimum Gasteiger partial charge on any atom is -0.489 e. The van der Waals surface area contributed by atoms with Crippen LogP contribution in [0.2, 0.25) is 5.02 Å². The molecule has 0 atom stereocenters. The zero-order chi connectivity index (χ0) is 13.5. The Morgan fingerprint density at radius 2 is 2.39 bits per heavy atom. The summed E-state index contributed by atoms with van der Waals surface area (Å²) in [5.74, 6) is -0.246. The van der Waals surface area contributed by atoms with Gasteiger partial charge in [-0.25, -0.2) is 4.79 Å². The van der Waals surface area contributed by atoms with E-state index in [1.165, 1.54) is 19.2 Å². The molecule has 0 aliphatic rings. The van der Waals surface area contributed by atoms with E-state index >= 15 is 0 Å². The number of rotatable bonds is 5. The first kappa shape index (κ1) is 14.4. The summed E-state index contributed by atoms with van der Waals surface area (Å²) < 4.78 is 9.99. The van der Waals surface area contributed by atoms with Crippen molar-refractivity contribution in [1.29, 1.82) is 0 Å². The zero-order valence-corrected chi connectivity index (χ0v) is 11.2. The molecule has 0 amide bonds. The lowest BCUT2D eigenvalue weighted by Crippen LogP contribution is -2.06. The highest BCUT2D eigenvalue weighted by Gasteiger charge is 2.16. The van der Waals surface area contributed by atoms with Crippen LogP contribution in [-0.4, -0.2) is 24.8 Å². The first-order valence-corrected chi connectivity index (χ1v) is 5.66. The molecular weight excluding hydrogens is 274 g/mol. The van der Waals surface area contributed by atoms with E-state index in [9.17, 15) is 4.79 Å². The maximum atomic E-state index is 11.6. The molecule has 1 aromatic rings. The SMILES string of the molecule is C=CCOc1cc(N=C=S)c(Cl)cc1C(=O)OC. The Morgan fingerprint density at radius 1 is 1.67 bits per heavy atom. The van der Waals surface area contributed by atoms with Crippen molar-refractivity contribution < 1.29 is 14.3 Å². The third-order valence-corrected chi connectivity index (χ3v) is 2.37. The van der Waals surface area contributed by atoms with Crippen LogP contribution in [-0.2, 0) is 4.74 Å². The second-order valence-electron chi connectivity index (χ2n) is 3.09. The van der Waals surface area contributed by atoms with Gasteiger partial charge >= 0.3 is 5.97 Å². The molecule has 1 aromatic carbocycles. The molecule has 0 aliphatic heterocycles. The van der Waals surface area contributed by atoms with Gasteiger partial charge in [0.05, 0.1) is 23.0 Å². The smallest absolute Gasteiger partial charge is 0.341 e. The molecule has 0 saturated carbocycles. The summed E-state index contributed by atoms with van der Waals surface area (Å²) in [6.45, 7) is 3.77. The van der Waals surface area contributed by atoms with Crippen molar-refractivity contribution in [3.8, 4) is 5.75 Å². The van der Waals surface area contributed by atoms with Crippen LogP contribution in [0.25, 0.3) is 0 Å². The van der Waals surface area contributed by atoms with Crippen LogP contribution in [0.3, 0.4) is 0 Å². The molecule has 18 heavy (non-hydrogen) atoms. The van der Waals surface area contributed by atoms with Gasteiger partial charge in [0.15, 0.2) is 0 Å². The highest BCUT2D eigenvalue weighted by atomic mass is 35.5. The van der Waals surface area contributed by atoms with Crippen molar-refractivity contribution >= 4 is 40.6 Å². The maximum absolute atomic E-state index is 11.6. The maximum Gasteiger partial charge on any atom is 0.341 e. The average Bonchev–Trinajstić information content (AvgIpc) is 2.38. The number of aliphatic imine (C=N–C) groups is 1. The lowest BCUT2D eigenvalue weighted by atomic mass is 10.2. The van der Waals surface area contributed by atoms with E-state index in [4.69, 9.17) is 16.3 Å². The van der Waals surface area contributed by atoms with Crippen molar-refractivity contribution in [3.63, 3.8) is 0 Å². The van der Waals surface area contributed by atoms with Gasteiger partial charge in [0.1, 0.15) is 17.9 Å². The van der Waals surface area contributed by atoms with E-state index in [1.54, 1.807) is 6.08 Å². The van der Waals surface area contributed by atoms with Crippen molar-refractivity contribution in [3.05, 3.63) is 35.4 Å². The lowest BCUT2D eigenvalue weighted by molar-refractivity contribution is 0.0596. The molecule has 6 heteroatoms. The topological polar surface area (TPSA) is 47.9 Å². The Kier molecular flexibility index (Phi) is 5.52. The van der Waals surface area contributed by atoms with Crippen molar-refractivity contribution in [2.24, 2.45) is 4.99 Å². The van der Waals surface area contributed by atoms with Crippen LogP contribution < -0.4 is 4.74 Å². The van der Waals surface area contributed by atoms with Gasteiger partial charge in [-0.3, -0.25) is 0 Å². The molecule has 0 saturated heterocycles. The van der Waals surface area contributed by atoms with Crippen LogP contribution in [0, 0.1) is 0 Å². The lowest BCUT2D eigenvalue weighted by Gasteiger charge is -2.10. The first-order valence-electron chi connectivity index (χ1n) is 4.87. The van der Waals surface area contributed by atoms with Gasteiger partial charge < -0.3 is 9.47 Å². The summed E-state index contributed by atoms with van der Waals surface area (Å²) in [6.07, 6.45) is 1.55. The predicted octanol–water partition coefficient (Wildman–Crippen LogP) is 3.43. The van der Waals surface area contributed by atoms with Gasteiger partial charge in [-0.15, -0.1) is 0 Å². The quantitative estimate of drug-likeness (QED) is 0.359. The van der Waals surface area contributed by atoms with Crippen LogP contribution in [0.15, 0.2) is 29.8 Å². The van der Waals surface area contributed by atoms with Crippen LogP contribution in [0.4, 0.5) is 5.69 Å². The number of thiocarbonyl (C=S) groups is 1. The Bertz CT molecular complexity index is 524. The summed E-state index contributed by atoms with van der Waals surface area (Å²) in [6, 6.07) is 2.91. The molecule has 94 valence electrons. The molecule has 0 radical (unpaired) electrons. The van der Waals surface area contributed by atoms with Crippen molar-refractivity contribution in [1.82, 2.24) is 0 Å². The molecular formula is C12H10ClNO3S. The molecule has 0 N–H and O–H groups in total. The van der Waals surface area contributed by atoms with E-state index < -0.39 is 5.97 Å². The molecule has 0 aliphatic carbocycles. The van der Waals surface area contributed by atoms with E-state index in [0.717, 1.165) is 0 Å². The molecule has 0 unspecified atom stereocenters. The number of hydrogen-bond donors (Lipinski definition) is 0. The number of ether oxygens (including phenoxy) is 2. The van der Waals surface area contributed by atoms with Crippen LogP contribution in [0.5, 0.6) is 5.75 Å². The third kappa shape index (κ3) is 3.40. The number of hydrogen-bond acceptors (Lipinski definition) is 5. The highest BCUT2D eigenvalue weighted by Crippen LogP contribution is 2.33. The number of benzene rings is 1. The van der Waals surface area contributed by atoms with Crippen molar-refractivity contribution in [2.45, 2.75) is 0 Å². The molecule has 1 rings (SSSR count). The number of nitrogens with zero attached hydrogens (tertiary/aromatic N) is 1. The second-order valence-corrected chi connectivity index (χ2v) is 3.68. The van der Waals surface area contributed by atoms with Crippen LogP contribution in [0.1, 0.15) is 10.4 Å². The van der Waals surface area contributed by atoms with Crippen molar-refractivity contribution in [2.75, 3.05) is 13.7 Å². The Morgan fingerprint density at radius 3 is 2.94 bits per heavy atom. The summed E-state index contributed by atoms with van der Waals surface area (Å²) in [5, 5.41) is 2.47. The van der Waals surface area contributed by atoms with Crippen LogP contribution >= 0.6 is 23.8 Å². The van der Waals surface area contributed by atoms with Gasteiger partial charge in [0.25, 0.3) is 0 Å². The van der Waals surface area contributed by atoms with E-state index in [2.05, 4.69) is 33.7 Å². The molecule has 0 bridgehead atoms. The fourth-order valence-corrected chi connectivity index (χ4v) is 1.52. The number of carbonyl (C=O) groups excluding carboxylic acids is 1. The molecule has 0 heterocycles. The molecule has 4 nitrogen and oxygen atoms in total. The minimum atomic E-state index is -0.547. The molecule has 0 spiro atoms. The predicted molar refractivity (Wildman–Crippen MR) is 73.2 cm³/mol. The number of carbonyl (C=O) groups is 1. The Balaban J connectivity index is 3.30. The minimum absolute atomic E-state index is 0.215. The fraction of sp³-hybridized carbons (Fsp3) is 0.167. The summed E-state index contributed by atoms with van der Waals surface area (Å²) in [5.41, 5.74) is 0.589. The third-order valence-electron chi connectivity index (χ3n) is 1.98. The van der Waals surface area contributed by atoms with Gasteiger partial charge in [-0.2, -0.15) is 4.99 Å². The fourth-order valence-electron chi connectivity index (χ4n) is 1.22. The van der Waals surface area contributed by atoms with Gasteiger partial charge in [-0.05, 0) is 18.3 Å². The number of halogens is 1. The monoisotopic (exact) mass is 283 g/mol. The number of isothiocyanates is 1. The standard InChI is InChI=1S/C12H10ClNO3S/c1-3-4-17-11-6-10(14-7-18)9(13)5-8(11)12(15)16-2/h3,5-6H,1,4H2,2H3. The Labute approximate surface area is 115 Å². The Hall–Kier alpha value is -1.68. The van der Waals surface area contributed by atoms with Gasteiger partial charge in [0, 0.05) is 6.07 Å². The van der Waals surface area contributed by atoms with E-state index in [0.29, 0.717) is 11.4 Å². The molecule has 0 fully saturated rings. The molecule has 0 aromatic heterocycles. The summed E-state index contributed by atoms with van der Waals surface area (Å²) >= 11 is 10.5. The summed E-state index contributed by atoms with van der Waals surface area (Å²) in [4.78, 5) is 15.3. The number of methoxy groups -OCH3 is 1. The average molecular weight is 284 g/mol. The van der Waals surface area contributed by atoms with Gasteiger partial charge in [-0.1, -0.05) is 24.3 Å². The first-order chi connectivity index (χ1) is 8.63. The highest BCUT2D eigenvalue weighted by molar-refractivity contribution is 7.78. The van der Waals surface area contributed by atoms with E-state index in [1.807, 2.05) is 0 Å².